The van der Waals surface area contributed by atoms with Gasteiger partial charge in [-0.3, -0.25) is 4.79 Å². The molecule has 2 nitrogen and oxygen atoms in total. The standard InChI is InChI=1S/C7H3BrF5NO/c8-2-1-14-6(15)3(5(9)10)4(2)7(11,12)13/h1,5H,(H,14,15). The lowest BCUT2D eigenvalue weighted by Gasteiger charge is -2.12. The normalized spacial score (nSPS) is 12.2. The molecule has 0 radical (unpaired) electrons. The molecule has 0 unspecified atom stereocenters. The van der Waals surface area contributed by atoms with Gasteiger partial charge in [-0.15, -0.1) is 0 Å². The van der Waals surface area contributed by atoms with Gasteiger partial charge in [0.1, 0.15) is 0 Å². The van der Waals surface area contributed by atoms with E-state index in [1.165, 1.54) is 0 Å². The van der Waals surface area contributed by atoms with Crippen molar-refractivity contribution in [3.8, 4) is 0 Å². The first-order chi connectivity index (χ1) is 6.75. The van der Waals surface area contributed by atoms with Gasteiger partial charge < -0.3 is 4.98 Å². The number of aromatic nitrogens is 1. The molecule has 0 aliphatic carbocycles. The zero-order valence-corrected chi connectivity index (χ0v) is 8.42. The topological polar surface area (TPSA) is 32.9 Å². The molecule has 1 aromatic heterocycles. The smallest absolute Gasteiger partial charge is 0.328 e. The van der Waals surface area contributed by atoms with Crippen LogP contribution in [0.5, 0.6) is 0 Å². The van der Waals surface area contributed by atoms with Crippen molar-refractivity contribution in [2.75, 3.05) is 0 Å². The Morgan fingerprint density at radius 2 is 1.87 bits per heavy atom. The van der Waals surface area contributed by atoms with Gasteiger partial charge in [0.15, 0.2) is 0 Å². The van der Waals surface area contributed by atoms with Crippen molar-refractivity contribution in [3.05, 3.63) is 32.2 Å². The molecule has 0 aliphatic rings. The Bertz CT molecular complexity index is 424. The fourth-order valence-electron chi connectivity index (χ4n) is 1.02. The summed E-state index contributed by atoms with van der Waals surface area (Å²) in [7, 11) is 0. The third kappa shape index (κ3) is 2.36. The summed E-state index contributed by atoms with van der Waals surface area (Å²) in [6.07, 6.45) is -7.81. The highest BCUT2D eigenvalue weighted by Gasteiger charge is 2.39. The molecule has 1 rings (SSSR count). The second-order valence-electron chi connectivity index (χ2n) is 2.55. The van der Waals surface area contributed by atoms with Gasteiger partial charge in [-0.05, 0) is 15.9 Å². The number of rotatable bonds is 1. The Labute approximate surface area is 88.2 Å². The highest BCUT2D eigenvalue weighted by molar-refractivity contribution is 9.10. The van der Waals surface area contributed by atoms with E-state index in [1.807, 2.05) is 0 Å². The van der Waals surface area contributed by atoms with Crippen LogP contribution in [0.1, 0.15) is 17.6 Å². The minimum Gasteiger partial charge on any atom is -0.328 e. The predicted molar refractivity (Wildman–Crippen MR) is 44.7 cm³/mol. The number of alkyl halides is 5. The van der Waals surface area contributed by atoms with Crippen LogP contribution < -0.4 is 5.56 Å². The Morgan fingerprint density at radius 1 is 1.33 bits per heavy atom. The molecular weight excluding hydrogens is 289 g/mol. The molecule has 0 atom stereocenters. The summed E-state index contributed by atoms with van der Waals surface area (Å²) in [6.45, 7) is 0. The Morgan fingerprint density at radius 3 is 2.20 bits per heavy atom. The monoisotopic (exact) mass is 291 g/mol. The van der Waals surface area contributed by atoms with Crippen molar-refractivity contribution in [1.82, 2.24) is 4.98 Å². The van der Waals surface area contributed by atoms with Crippen molar-refractivity contribution in [3.63, 3.8) is 0 Å². The molecular formula is C7H3BrF5NO. The van der Waals surface area contributed by atoms with Gasteiger partial charge in [0.25, 0.3) is 12.0 Å². The molecule has 0 aromatic carbocycles. The van der Waals surface area contributed by atoms with Crippen LogP contribution in [0.4, 0.5) is 22.0 Å². The Balaban J connectivity index is 3.61. The summed E-state index contributed by atoms with van der Waals surface area (Å²) in [5.74, 6) is 0. The lowest BCUT2D eigenvalue weighted by molar-refractivity contribution is -0.140. The minimum absolute atomic E-state index is 0.620. The molecule has 0 saturated heterocycles. The number of aromatic amines is 1. The number of halogens is 6. The van der Waals surface area contributed by atoms with Crippen molar-refractivity contribution in [2.45, 2.75) is 12.6 Å². The Kier molecular flexibility index (Phi) is 3.17. The van der Waals surface area contributed by atoms with E-state index in [4.69, 9.17) is 0 Å². The molecule has 1 heterocycles. The summed E-state index contributed by atoms with van der Waals surface area (Å²) in [6, 6.07) is 0. The maximum atomic E-state index is 12.3. The van der Waals surface area contributed by atoms with Gasteiger partial charge in [-0.25, -0.2) is 8.78 Å². The van der Waals surface area contributed by atoms with Crippen LogP contribution in [-0.4, -0.2) is 4.98 Å². The summed E-state index contributed by atoms with van der Waals surface area (Å²) < 4.78 is 60.9. The summed E-state index contributed by atoms with van der Waals surface area (Å²) in [5.41, 5.74) is -4.65. The lowest BCUT2D eigenvalue weighted by atomic mass is 10.1. The van der Waals surface area contributed by atoms with Crippen molar-refractivity contribution >= 4 is 15.9 Å². The van der Waals surface area contributed by atoms with E-state index < -0.39 is 33.8 Å². The van der Waals surface area contributed by atoms with Crippen LogP contribution in [0.25, 0.3) is 0 Å². The van der Waals surface area contributed by atoms with E-state index >= 15 is 0 Å². The molecule has 1 N–H and O–H groups in total. The van der Waals surface area contributed by atoms with E-state index in [9.17, 15) is 26.7 Å². The van der Waals surface area contributed by atoms with Crippen LogP contribution >= 0.6 is 15.9 Å². The second-order valence-corrected chi connectivity index (χ2v) is 3.41. The zero-order valence-electron chi connectivity index (χ0n) is 6.83. The van der Waals surface area contributed by atoms with Gasteiger partial charge in [-0.2, -0.15) is 13.2 Å². The van der Waals surface area contributed by atoms with E-state index in [-0.39, 0.29) is 0 Å². The summed E-state index contributed by atoms with van der Waals surface area (Å²) in [4.78, 5) is 12.6. The molecule has 84 valence electrons. The molecule has 0 fully saturated rings. The summed E-state index contributed by atoms with van der Waals surface area (Å²) >= 11 is 2.46. The molecule has 0 aliphatic heterocycles. The quantitative estimate of drug-likeness (QED) is 0.793. The molecule has 1 aromatic rings. The lowest BCUT2D eigenvalue weighted by Crippen LogP contribution is -2.21. The fourth-order valence-corrected chi connectivity index (χ4v) is 1.57. The van der Waals surface area contributed by atoms with Crippen molar-refractivity contribution in [2.24, 2.45) is 0 Å². The number of H-pyrrole nitrogens is 1. The zero-order chi connectivity index (χ0) is 11.8. The van der Waals surface area contributed by atoms with Gasteiger partial charge >= 0.3 is 6.18 Å². The van der Waals surface area contributed by atoms with E-state index in [0.717, 1.165) is 0 Å². The van der Waals surface area contributed by atoms with E-state index in [1.54, 1.807) is 4.98 Å². The number of nitrogens with one attached hydrogen (secondary N) is 1. The van der Waals surface area contributed by atoms with E-state index in [2.05, 4.69) is 15.9 Å². The third-order valence-corrected chi connectivity index (χ3v) is 2.21. The minimum atomic E-state index is -5.00. The Hall–Kier alpha value is -0.920. The predicted octanol–water partition coefficient (Wildman–Crippen LogP) is 3.09. The van der Waals surface area contributed by atoms with Gasteiger partial charge in [0, 0.05) is 10.7 Å². The van der Waals surface area contributed by atoms with Crippen LogP contribution in [0, 0.1) is 0 Å². The van der Waals surface area contributed by atoms with Gasteiger partial charge in [0.05, 0.1) is 11.1 Å². The van der Waals surface area contributed by atoms with Crippen LogP contribution in [-0.2, 0) is 6.18 Å². The molecule has 15 heavy (non-hydrogen) atoms. The molecule has 0 bridgehead atoms. The maximum absolute atomic E-state index is 12.3. The first-order valence-electron chi connectivity index (χ1n) is 3.51. The largest absolute Gasteiger partial charge is 0.418 e. The highest BCUT2D eigenvalue weighted by Crippen LogP contribution is 2.38. The first-order valence-corrected chi connectivity index (χ1v) is 4.31. The first kappa shape index (κ1) is 12.2. The van der Waals surface area contributed by atoms with E-state index in [0.29, 0.717) is 6.20 Å². The fraction of sp³-hybridized carbons (Fsp3) is 0.286. The van der Waals surface area contributed by atoms with Crippen LogP contribution in [0.15, 0.2) is 15.5 Å². The average molecular weight is 292 g/mol. The van der Waals surface area contributed by atoms with Crippen LogP contribution in [0.2, 0.25) is 0 Å². The summed E-state index contributed by atoms with van der Waals surface area (Å²) in [5, 5.41) is 0. The molecule has 0 amide bonds. The van der Waals surface area contributed by atoms with Crippen molar-refractivity contribution in [1.29, 1.82) is 0 Å². The number of hydrogen-bond donors (Lipinski definition) is 1. The SMILES string of the molecule is O=c1[nH]cc(Br)c(C(F)(F)F)c1C(F)F. The van der Waals surface area contributed by atoms with Crippen molar-refractivity contribution < 1.29 is 22.0 Å². The van der Waals surface area contributed by atoms with Crippen LogP contribution in [0.3, 0.4) is 0 Å². The highest BCUT2D eigenvalue weighted by atomic mass is 79.9. The number of hydrogen-bond acceptors (Lipinski definition) is 1. The molecule has 8 heteroatoms. The molecule has 0 saturated carbocycles. The number of pyridine rings is 1. The second kappa shape index (κ2) is 3.92. The maximum Gasteiger partial charge on any atom is 0.418 e. The van der Waals surface area contributed by atoms with Gasteiger partial charge in [-0.1, -0.05) is 0 Å². The van der Waals surface area contributed by atoms with Gasteiger partial charge in [0.2, 0.25) is 0 Å². The average Bonchev–Trinajstić information content (AvgIpc) is 2.05. The third-order valence-electron chi connectivity index (χ3n) is 1.58. The molecule has 0 spiro atoms.